The van der Waals surface area contributed by atoms with E-state index in [1.54, 1.807) is 0 Å². The summed E-state index contributed by atoms with van der Waals surface area (Å²) in [5.41, 5.74) is 9.83. The van der Waals surface area contributed by atoms with Gasteiger partial charge in [-0.15, -0.1) is 17.5 Å². The van der Waals surface area contributed by atoms with Crippen molar-refractivity contribution in [2.24, 2.45) is 21.7 Å². The molecule has 9 heavy (non-hydrogen) atoms. The molecule has 0 aliphatic rings. The van der Waals surface area contributed by atoms with Gasteiger partial charge in [0.1, 0.15) is 0 Å². The Morgan fingerprint density at radius 2 is 2.00 bits per heavy atom. The van der Waals surface area contributed by atoms with E-state index in [9.17, 15) is 0 Å². The predicted molar refractivity (Wildman–Crippen MR) is 41.7 cm³/mol. The van der Waals surface area contributed by atoms with Gasteiger partial charge in [-0.25, -0.2) is 0 Å². The molecular formula is C4H9ClN4. The number of hydrogen-bond acceptors (Lipinski definition) is 2. The van der Waals surface area contributed by atoms with E-state index in [-0.39, 0.29) is 18.4 Å². The van der Waals surface area contributed by atoms with Gasteiger partial charge in [-0.2, -0.15) is 5.10 Å². The maximum atomic E-state index is 4.91. The summed E-state index contributed by atoms with van der Waals surface area (Å²) in [5.74, 6) is -0.0527. The topological polar surface area (TPSA) is 76.8 Å². The van der Waals surface area contributed by atoms with Gasteiger partial charge in [0, 0.05) is 6.21 Å². The average molecular weight is 149 g/mol. The van der Waals surface area contributed by atoms with Crippen LogP contribution in [0.1, 0.15) is 0 Å². The summed E-state index contributed by atoms with van der Waals surface area (Å²) in [4.78, 5) is 0. The van der Waals surface area contributed by atoms with Crippen LogP contribution >= 0.6 is 12.4 Å². The second-order valence-electron chi connectivity index (χ2n) is 1.03. The third-order valence-corrected chi connectivity index (χ3v) is 0.345. The molecule has 0 heterocycles. The van der Waals surface area contributed by atoms with E-state index in [1.165, 1.54) is 12.3 Å². The van der Waals surface area contributed by atoms with Gasteiger partial charge in [-0.3, -0.25) is 0 Å². The van der Waals surface area contributed by atoms with Crippen LogP contribution in [0.2, 0.25) is 0 Å². The maximum Gasteiger partial charge on any atom is 0.211 e. The van der Waals surface area contributed by atoms with Gasteiger partial charge in [-0.05, 0) is 6.08 Å². The van der Waals surface area contributed by atoms with E-state index in [1.807, 2.05) is 0 Å². The fourth-order valence-electron chi connectivity index (χ4n) is 0.147. The highest BCUT2D eigenvalue weighted by Gasteiger charge is 1.68. The largest absolute Gasteiger partial charge is 0.369 e. The van der Waals surface area contributed by atoms with Gasteiger partial charge in [0.15, 0.2) is 0 Å². The van der Waals surface area contributed by atoms with Crippen molar-refractivity contribution >= 4 is 24.6 Å². The molecule has 0 atom stereocenters. The Kier molecular flexibility index (Phi) is 8.41. The molecule has 5 heteroatoms. The zero-order valence-electron chi connectivity index (χ0n) is 4.82. The smallest absolute Gasteiger partial charge is 0.211 e. The van der Waals surface area contributed by atoms with Crippen LogP contribution in [-0.2, 0) is 0 Å². The molecule has 0 aromatic heterocycles. The molecule has 0 aliphatic heterocycles. The number of allylic oxidation sites excluding steroid dienone is 1. The first-order chi connectivity index (χ1) is 3.77. The standard InChI is InChI=1S/C4H8N4.ClH/c1-2-3-7-8-4(5)6;/h2-3H,1H2,(H4,5,6,8);1H. The summed E-state index contributed by atoms with van der Waals surface area (Å²) in [6.07, 6.45) is 2.87. The summed E-state index contributed by atoms with van der Waals surface area (Å²) >= 11 is 0. The molecule has 0 aromatic rings. The zero-order chi connectivity index (χ0) is 6.41. The molecule has 0 rings (SSSR count). The molecule has 0 unspecified atom stereocenters. The predicted octanol–water partition coefficient (Wildman–Crippen LogP) is -0.147. The molecule has 0 amide bonds. The Labute approximate surface area is 59.7 Å². The van der Waals surface area contributed by atoms with Crippen LogP contribution in [0, 0.1) is 0 Å². The minimum absolute atomic E-state index is 0. The third-order valence-electron chi connectivity index (χ3n) is 0.345. The molecule has 52 valence electrons. The molecular weight excluding hydrogens is 140 g/mol. The highest BCUT2D eigenvalue weighted by Crippen LogP contribution is 1.64. The number of nitrogens with two attached hydrogens (primary N) is 2. The van der Waals surface area contributed by atoms with Gasteiger partial charge in [0.25, 0.3) is 0 Å². The van der Waals surface area contributed by atoms with Crippen molar-refractivity contribution in [3.05, 3.63) is 12.7 Å². The first-order valence-corrected chi connectivity index (χ1v) is 2.00. The number of halogens is 1. The number of guanidine groups is 1. The Morgan fingerprint density at radius 1 is 1.44 bits per heavy atom. The van der Waals surface area contributed by atoms with Crippen LogP contribution < -0.4 is 11.5 Å². The summed E-state index contributed by atoms with van der Waals surface area (Å²) in [6, 6.07) is 0. The lowest BCUT2D eigenvalue weighted by Crippen LogP contribution is -2.21. The van der Waals surface area contributed by atoms with Gasteiger partial charge < -0.3 is 11.5 Å². The fraction of sp³-hybridized carbons (Fsp3) is 0. The molecule has 0 saturated carbocycles. The number of nitrogens with zero attached hydrogens (tertiary/aromatic N) is 2. The highest BCUT2D eigenvalue weighted by molar-refractivity contribution is 5.85. The van der Waals surface area contributed by atoms with Crippen molar-refractivity contribution in [2.45, 2.75) is 0 Å². The Bertz CT molecular complexity index is 125. The zero-order valence-corrected chi connectivity index (χ0v) is 5.64. The van der Waals surface area contributed by atoms with E-state index in [4.69, 9.17) is 11.5 Å². The quantitative estimate of drug-likeness (QED) is 0.325. The van der Waals surface area contributed by atoms with Crippen molar-refractivity contribution in [1.29, 1.82) is 0 Å². The van der Waals surface area contributed by atoms with E-state index in [0.717, 1.165) is 0 Å². The molecule has 0 spiro atoms. The molecule has 0 saturated heterocycles. The van der Waals surface area contributed by atoms with E-state index in [0.29, 0.717) is 0 Å². The van der Waals surface area contributed by atoms with Crippen LogP contribution in [0.3, 0.4) is 0 Å². The van der Waals surface area contributed by atoms with E-state index >= 15 is 0 Å². The molecule has 4 N–H and O–H groups in total. The van der Waals surface area contributed by atoms with Crippen molar-refractivity contribution in [1.82, 2.24) is 0 Å². The molecule has 0 fully saturated rings. The normalized spacial score (nSPS) is 8.00. The van der Waals surface area contributed by atoms with Gasteiger partial charge >= 0.3 is 0 Å². The van der Waals surface area contributed by atoms with Crippen molar-refractivity contribution in [3.63, 3.8) is 0 Å². The van der Waals surface area contributed by atoms with Crippen LogP contribution in [0.25, 0.3) is 0 Å². The minimum Gasteiger partial charge on any atom is -0.369 e. The van der Waals surface area contributed by atoms with Crippen LogP contribution in [0.15, 0.2) is 22.9 Å². The highest BCUT2D eigenvalue weighted by atomic mass is 35.5. The molecule has 4 nitrogen and oxygen atoms in total. The third kappa shape index (κ3) is 10.9. The Morgan fingerprint density at radius 3 is 2.33 bits per heavy atom. The molecule has 0 radical (unpaired) electrons. The summed E-state index contributed by atoms with van der Waals surface area (Å²) in [5, 5.41) is 6.67. The lowest BCUT2D eigenvalue weighted by atomic mass is 10.7. The number of hydrogen-bond donors (Lipinski definition) is 2. The van der Waals surface area contributed by atoms with Crippen molar-refractivity contribution in [2.75, 3.05) is 0 Å². The lowest BCUT2D eigenvalue weighted by molar-refractivity contribution is 1.22. The average Bonchev–Trinajstić information content (AvgIpc) is 1.66. The van der Waals surface area contributed by atoms with Crippen molar-refractivity contribution in [3.8, 4) is 0 Å². The SMILES string of the molecule is C=CC=NN=C(N)N.Cl. The van der Waals surface area contributed by atoms with Crippen LogP contribution in [0.4, 0.5) is 0 Å². The van der Waals surface area contributed by atoms with E-state index < -0.39 is 0 Å². The van der Waals surface area contributed by atoms with Crippen LogP contribution in [0.5, 0.6) is 0 Å². The molecule has 0 aromatic carbocycles. The minimum atomic E-state index is -0.0527. The maximum absolute atomic E-state index is 4.91. The lowest BCUT2D eigenvalue weighted by Gasteiger charge is -1.79. The first kappa shape index (κ1) is 10.9. The first-order valence-electron chi connectivity index (χ1n) is 2.00. The Balaban J connectivity index is 0. The second-order valence-corrected chi connectivity index (χ2v) is 1.03. The molecule has 0 aliphatic carbocycles. The monoisotopic (exact) mass is 148 g/mol. The van der Waals surface area contributed by atoms with Gasteiger partial charge in [-0.1, -0.05) is 6.58 Å². The molecule has 0 bridgehead atoms. The van der Waals surface area contributed by atoms with Crippen LogP contribution in [-0.4, -0.2) is 12.2 Å². The van der Waals surface area contributed by atoms with E-state index in [2.05, 4.69) is 16.8 Å². The van der Waals surface area contributed by atoms with Gasteiger partial charge in [0.05, 0.1) is 0 Å². The van der Waals surface area contributed by atoms with Gasteiger partial charge in [0.2, 0.25) is 5.96 Å². The fourth-order valence-corrected chi connectivity index (χ4v) is 0.147. The summed E-state index contributed by atoms with van der Waals surface area (Å²) < 4.78 is 0. The summed E-state index contributed by atoms with van der Waals surface area (Å²) in [6.45, 7) is 3.36. The Hall–Kier alpha value is -1.03. The summed E-state index contributed by atoms with van der Waals surface area (Å²) in [7, 11) is 0. The van der Waals surface area contributed by atoms with Crippen molar-refractivity contribution < 1.29 is 0 Å². The second kappa shape index (κ2) is 6.97. The number of rotatable bonds is 2.